The average molecular weight is 269 g/mol. The van der Waals surface area contributed by atoms with Crippen molar-refractivity contribution in [3.63, 3.8) is 0 Å². The van der Waals surface area contributed by atoms with Gasteiger partial charge in [0.25, 0.3) is 5.91 Å². The van der Waals surface area contributed by atoms with Crippen molar-refractivity contribution in [3.8, 4) is 0 Å². The number of carbonyl (C=O) groups is 1. The zero-order valence-electron chi connectivity index (χ0n) is 11.8. The largest absolute Gasteiger partial charge is 0.355 e. The molecule has 2 rings (SSSR count). The molecular formula is C16H19N3O. The summed E-state index contributed by atoms with van der Waals surface area (Å²) in [5, 5.41) is 5.95. The smallest absolute Gasteiger partial charge is 0.251 e. The molecule has 2 N–H and O–H groups in total. The number of nitrogens with zero attached hydrogens (tertiary/aromatic N) is 1. The van der Waals surface area contributed by atoms with Gasteiger partial charge in [-0.05, 0) is 36.8 Å². The van der Waals surface area contributed by atoms with Crippen LogP contribution in [0.15, 0.2) is 42.5 Å². The van der Waals surface area contributed by atoms with Gasteiger partial charge in [0.1, 0.15) is 0 Å². The molecule has 1 amide bonds. The predicted octanol–water partition coefficient (Wildman–Crippen LogP) is 2.04. The summed E-state index contributed by atoms with van der Waals surface area (Å²) >= 11 is 0. The zero-order valence-corrected chi connectivity index (χ0v) is 11.8. The van der Waals surface area contributed by atoms with Crippen LogP contribution in [-0.2, 0) is 13.1 Å². The SMILES string of the molecule is CNC(=O)c1ccc(CNCc2cccc(C)n2)cc1. The van der Waals surface area contributed by atoms with Crippen LogP contribution in [-0.4, -0.2) is 17.9 Å². The molecule has 1 aromatic heterocycles. The minimum Gasteiger partial charge on any atom is -0.355 e. The lowest BCUT2D eigenvalue weighted by atomic mass is 10.1. The third-order valence-electron chi connectivity index (χ3n) is 3.02. The molecule has 0 unspecified atom stereocenters. The molecule has 1 aromatic carbocycles. The number of aromatic nitrogens is 1. The lowest BCUT2D eigenvalue weighted by molar-refractivity contribution is 0.0963. The molecule has 0 radical (unpaired) electrons. The summed E-state index contributed by atoms with van der Waals surface area (Å²) < 4.78 is 0. The van der Waals surface area contributed by atoms with Gasteiger partial charge in [0.2, 0.25) is 0 Å². The van der Waals surface area contributed by atoms with E-state index in [1.807, 2.05) is 49.4 Å². The van der Waals surface area contributed by atoms with Crippen molar-refractivity contribution in [2.45, 2.75) is 20.0 Å². The van der Waals surface area contributed by atoms with Gasteiger partial charge in [0.15, 0.2) is 0 Å². The average Bonchev–Trinajstić information content (AvgIpc) is 2.47. The van der Waals surface area contributed by atoms with Crippen molar-refractivity contribution in [1.29, 1.82) is 0 Å². The van der Waals surface area contributed by atoms with Crippen LogP contribution in [0.2, 0.25) is 0 Å². The first-order valence-corrected chi connectivity index (χ1v) is 6.63. The first kappa shape index (κ1) is 14.2. The van der Waals surface area contributed by atoms with E-state index in [2.05, 4.69) is 15.6 Å². The number of carbonyl (C=O) groups excluding carboxylic acids is 1. The highest BCUT2D eigenvalue weighted by atomic mass is 16.1. The summed E-state index contributed by atoms with van der Waals surface area (Å²) in [6.45, 7) is 3.48. The molecule has 2 aromatic rings. The standard InChI is InChI=1S/C16H19N3O/c1-12-4-3-5-15(19-12)11-18-10-13-6-8-14(9-7-13)16(20)17-2/h3-9,18H,10-11H2,1-2H3,(H,17,20). The van der Waals surface area contributed by atoms with E-state index in [1.165, 1.54) is 0 Å². The Morgan fingerprint density at radius 3 is 2.50 bits per heavy atom. The summed E-state index contributed by atoms with van der Waals surface area (Å²) in [5.74, 6) is -0.0616. The van der Waals surface area contributed by atoms with Gasteiger partial charge in [0.05, 0.1) is 5.69 Å². The quantitative estimate of drug-likeness (QED) is 0.873. The Morgan fingerprint density at radius 2 is 1.85 bits per heavy atom. The van der Waals surface area contributed by atoms with E-state index in [9.17, 15) is 4.79 Å². The Bertz CT molecular complexity index is 579. The van der Waals surface area contributed by atoms with Gasteiger partial charge in [-0.15, -0.1) is 0 Å². The molecule has 0 saturated heterocycles. The fraction of sp³-hybridized carbons (Fsp3) is 0.250. The maximum Gasteiger partial charge on any atom is 0.251 e. The Balaban J connectivity index is 1.86. The van der Waals surface area contributed by atoms with E-state index in [0.29, 0.717) is 5.56 Å². The van der Waals surface area contributed by atoms with E-state index in [4.69, 9.17) is 0 Å². The van der Waals surface area contributed by atoms with Gasteiger partial charge in [-0.2, -0.15) is 0 Å². The second-order valence-corrected chi connectivity index (χ2v) is 4.65. The number of rotatable bonds is 5. The molecule has 0 saturated carbocycles. The van der Waals surface area contributed by atoms with E-state index >= 15 is 0 Å². The molecule has 4 nitrogen and oxygen atoms in total. The molecule has 0 bridgehead atoms. The first-order valence-electron chi connectivity index (χ1n) is 6.63. The van der Waals surface area contributed by atoms with Gasteiger partial charge < -0.3 is 10.6 Å². The van der Waals surface area contributed by atoms with Crippen molar-refractivity contribution in [2.24, 2.45) is 0 Å². The number of amides is 1. The van der Waals surface area contributed by atoms with Crippen molar-refractivity contribution in [2.75, 3.05) is 7.05 Å². The fourth-order valence-corrected chi connectivity index (χ4v) is 1.95. The third-order valence-corrected chi connectivity index (χ3v) is 3.02. The Kier molecular flexibility index (Phi) is 4.85. The van der Waals surface area contributed by atoms with Crippen molar-refractivity contribution in [3.05, 3.63) is 65.0 Å². The number of nitrogens with one attached hydrogen (secondary N) is 2. The van der Waals surface area contributed by atoms with E-state index in [1.54, 1.807) is 7.05 Å². The van der Waals surface area contributed by atoms with E-state index < -0.39 is 0 Å². The van der Waals surface area contributed by atoms with Crippen LogP contribution < -0.4 is 10.6 Å². The van der Waals surface area contributed by atoms with Crippen molar-refractivity contribution >= 4 is 5.91 Å². The minimum atomic E-state index is -0.0616. The van der Waals surface area contributed by atoms with E-state index in [-0.39, 0.29) is 5.91 Å². The predicted molar refractivity (Wildman–Crippen MR) is 79.3 cm³/mol. The summed E-state index contributed by atoms with van der Waals surface area (Å²) in [7, 11) is 1.63. The van der Waals surface area contributed by atoms with Crippen molar-refractivity contribution in [1.82, 2.24) is 15.6 Å². The molecule has 20 heavy (non-hydrogen) atoms. The van der Waals surface area contributed by atoms with Gasteiger partial charge in [-0.3, -0.25) is 9.78 Å². The van der Waals surface area contributed by atoms with Gasteiger partial charge in [0, 0.05) is 31.4 Å². The fourth-order valence-electron chi connectivity index (χ4n) is 1.95. The van der Waals surface area contributed by atoms with Crippen LogP contribution in [0.1, 0.15) is 27.3 Å². The molecule has 0 fully saturated rings. The molecule has 0 atom stereocenters. The normalized spacial score (nSPS) is 10.3. The highest BCUT2D eigenvalue weighted by molar-refractivity contribution is 5.93. The first-order chi connectivity index (χ1) is 9.69. The van der Waals surface area contributed by atoms with Gasteiger partial charge in [-0.25, -0.2) is 0 Å². The zero-order chi connectivity index (χ0) is 14.4. The van der Waals surface area contributed by atoms with Crippen LogP contribution in [0.5, 0.6) is 0 Å². The second kappa shape index (κ2) is 6.82. The summed E-state index contributed by atoms with van der Waals surface area (Å²) in [6, 6.07) is 13.6. The van der Waals surface area contributed by atoms with Gasteiger partial charge >= 0.3 is 0 Å². The minimum absolute atomic E-state index is 0.0616. The molecule has 4 heteroatoms. The maximum atomic E-state index is 11.4. The van der Waals surface area contributed by atoms with Crippen LogP contribution >= 0.6 is 0 Å². The lowest BCUT2D eigenvalue weighted by Crippen LogP contribution is -2.18. The van der Waals surface area contributed by atoms with Crippen LogP contribution in [0.25, 0.3) is 0 Å². The summed E-state index contributed by atoms with van der Waals surface area (Å²) in [5.41, 5.74) is 3.88. The van der Waals surface area contributed by atoms with Crippen LogP contribution in [0.4, 0.5) is 0 Å². The van der Waals surface area contributed by atoms with Crippen LogP contribution in [0.3, 0.4) is 0 Å². The second-order valence-electron chi connectivity index (χ2n) is 4.65. The summed E-state index contributed by atoms with van der Waals surface area (Å²) in [4.78, 5) is 15.9. The molecule has 0 aliphatic carbocycles. The van der Waals surface area contributed by atoms with E-state index in [0.717, 1.165) is 30.0 Å². The number of benzene rings is 1. The molecule has 1 heterocycles. The Morgan fingerprint density at radius 1 is 1.10 bits per heavy atom. The number of hydrogen-bond donors (Lipinski definition) is 2. The monoisotopic (exact) mass is 269 g/mol. The molecule has 0 spiro atoms. The maximum absolute atomic E-state index is 11.4. The molecule has 104 valence electrons. The third kappa shape index (κ3) is 3.90. The topological polar surface area (TPSA) is 54.0 Å². The highest BCUT2D eigenvalue weighted by Gasteiger charge is 2.02. The number of pyridine rings is 1. The highest BCUT2D eigenvalue weighted by Crippen LogP contribution is 2.05. The Hall–Kier alpha value is -2.20. The summed E-state index contributed by atoms with van der Waals surface area (Å²) in [6.07, 6.45) is 0. The van der Waals surface area contributed by atoms with Crippen LogP contribution in [0, 0.1) is 6.92 Å². The molecule has 0 aliphatic heterocycles. The molecular weight excluding hydrogens is 250 g/mol. The lowest BCUT2D eigenvalue weighted by Gasteiger charge is -2.06. The number of aryl methyl sites for hydroxylation is 1. The van der Waals surface area contributed by atoms with Crippen molar-refractivity contribution < 1.29 is 4.79 Å². The van der Waals surface area contributed by atoms with Gasteiger partial charge in [-0.1, -0.05) is 18.2 Å². The molecule has 0 aliphatic rings. The Labute approximate surface area is 119 Å². The number of hydrogen-bond acceptors (Lipinski definition) is 3.